The molecule has 0 aliphatic rings. The minimum absolute atomic E-state index is 0.197. The van der Waals surface area contributed by atoms with Crippen LogP contribution in [0.2, 0.25) is 0 Å². The van der Waals surface area contributed by atoms with E-state index in [1.807, 2.05) is 0 Å². The number of sulfonamides is 1. The number of nitrogen functional groups attached to an aromatic ring is 1. The van der Waals surface area contributed by atoms with Crippen LogP contribution in [0.3, 0.4) is 0 Å². The van der Waals surface area contributed by atoms with Gasteiger partial charge in [-0.1, -0.05) is 13.8 Å². The minimum atomic E-state index is -3.82. The minimum Gasteiger partial charge on any atom is -0.399 e. The summed E-state index contributed by atoms with van der Waals surface area (Å²) in [5, 5.41) is 0. The Morgan fingerprint density at radius 2 is 1.95 bits per heavy atom. The summed E-state index contributed by atoms with van der Waals surface area (Å²) in [7, 11) is -3.82. The summed E-state index contributed by atoms with van der Waals surface area (Å²) in [5.74, 6) is -0.832. The van der Waals surface area contributed by atoms with Crippen LogP contribution in [-0.2, 0) is 10.0 Å². The Balaban J connectivity index is 2.58. The zero-order valence-corrected chi connectivity index (χ0v) is 12.7. The molecule has 1 aromatic carbocycles. The monoisotopic (exact) mass is 303 g/mol. The number of hydrogen-bond donors (Lipinski definition) is 2. The van der Waals surface area contributed by atoms with Crippen molar-refractivity contribution in [3.8, 4) is 0 Å². The third kappa shape index (κ3) is 4.73. The molecule has 3 N–H and O–H groups in total. The van der Waals surface area contributed by atoms with Crippen molar-refractivity contribution in [2.45, 2.75) is 25.2 Å². The van der Waals surface area contributed by atoms with E-state index in [2.05, 4.69) is 23.5 Å². The lowest BCUT2D eigenvalue weighted by Crippen LogP contribution is -2.30. The highest BCUT2D eigenvalue weighted by Gasteiger charge is 2.18. The van der Waals surface area contributed by atoms with Crippen LogP contribution in [0, 0.1) is 5.82 Å². The van der Waals surface area contributed by atoms with Crippen LogP contribution >= 0.6 is 0 Å². The number of nitrogens with two attached hydrogens (primary N) is 1. The van der Waals surface area contributed by atoms with Crippen molar-refractivity contribution in [1.29, 1.82) is 0 Å². The van der Waals surface area contributed by atoms with Crippen LogP contribution in [0.25, 0.3) is 0 Å². The Morgan fingerprint density at radius 3 is 2.50 bits per heavy atom. The molecular weight excluding hydrogens is 281 g/mol. The van der Waals surface area contributed by atoms with Gasteiger partial charge in [0, 0.05) is 12.2 Å². The van der Waals surface area contributed by atoms with E-state index in [1.165, 1.54) is 12.1 Å². The molecule has 0 saturated carbocycles. The van der Waals surface area contributed by atoms with E-state index >= 15 is 0 Å². The highest BCUT2D eigenvalue weighted by Crippen LogP contribution is 2.16. The van der Waals surface area contributed by atoms with E-state index in [9.17, 15) is 12.8 Å². The normalized spacial score (nSPS) is 12.0. The summed E-state index contributed by atoms with van der Waals surface area (Å²) in [6.45, 7) is 7.04. The molecule has 20 heavy (non-hydrogen) atoms. The first-order valence-electron chi connectivity index (χ1n) is 6.67. The van der Waals surface area contributed by atoms with Crippen molar-refractivity contribution in [3.63, 3.8) is 0 Å². The molecule has 0 atom stereocenters. The number of nitrogens with one attached hydrogen (secondary N) is 1. The number of halogens is 1. The molecule has 5 nitrogen and oxygen atoms in total. The molecule has 114 valence electrons. The topological polar surface area (TPSA) is 75.4 Å². The fraction of sp³-hybridized carbons (Fsp3) is 0.538. The van der Waals surface area contributed by atoms with E-state index in [1.54, 1.807) is 0 Å². The van der Waals surface area contributed by atoms with E-state index in [4.69, 9.17) is 5.73 Å². The lowest BCUT2D eigenvalue weighted by atomic mass is 10.3. The van der Waals surface area contributed by atoms with Crippen LogP contribution in [0.1, 0.15) is 20.3 Å². The molecule has 0 aliphatic heterocycles. The Morgan fingerprint density at radius 1 is 1.30 bits per heavy atom. The molecule has 0 radical (unpaired) electrons. The summed E-state index contributed by atoms with van der Waals surface area (Å²) in [4.78, 5) is 1.83. The van der Waals surface area contributed by atoms with Gasteiger partial charge in [0.25, 0.3) is 0 Å². The Kier molecular flexibility index (Phi) is 6.38. The maximum atomic E-state index is 13.6. The third-order valence-corrected chi connectivity index (χ3v) is 4.58. The summed E-state index contributed by atoms with van der Waals surface area (Å²) in [5.41, 5.74) is 5.59. The molecule has 0 fully saturated rings. The zero-order valence-electron chi connectivity index (χ0n) is 11.9. The van der Waals surface area contributed by atoms with Crippen LogP contribution in [0.5, 0.6) is 0 Å². The second kappa shape index (κ2) is 7.56. The van der Waals surface area contributed by atoms with E-state index in [-0.39, 0.29) is 17.1 Å². The van der Waals surface area contributed by atoms with Crippen molar-refractivity contribution in [3.05, 3.63) is 24.0 Å². The van der Waals surface area contributed by atoms with Crippen LogP contribution in [0.15, 0.2) is 23.1 Å². The quantitative estimate of drug-likeness (QED) is 0.562. The second-order valence-corrected chi connectivity index (χ2v) is 6.20. The van der Waals surface area contributed by atoms with Crippen LogP contribution < -0.4 is 10.5 Å². The summed E-state index contributed by atoms with van der Waals surface area (Å²) < 4.78 is 39.9. The molecule has 0 aliphatic carbocycles. The van der Waals surface area contributed by atoms with Gasteiger partial charge in [-0.05, 0) is 44.3 Å². The third-order valence-electron chi connectivity index (χ3n) is 3.08. The SMILES string of the molecule is CCN(CC)CCCNS(=O)(=O)c1ccc(N)cc1F. The standard InChI is InChI=1S/C13H22FN3O2S/c1-3-17(4-2)9-5-8-16-20(18,19)13-7-6-11(15)10-12(13)14/h6-7,10,16H,3-5,8-9,15H2,1-2H3. The van der Waals surface area contributed by atoms with E-state index in [0.29, 0.717) is 6.42 Å². The predicted octanol–water partition coefficient (Wildman–Crippen LogP) is 1.42. The predicted molar refractivity (Wildman–Crippen MR) is 78.4 cm³/mol. The first-order valence-corrected chi connectivity index (χ1v) is 8.16. The molecule has 0 unspecified atom stereocenters. The van der Waals surface area contributed by atoms with Gasteiger partial charge in [-0.2, -0.15) is 0 Å². The van der Waals surface area contributed by atoms with Gasteiger partial charge in [-0.3, -0.25) is 0 Å². The highest BCUT2D eigenvalue weighted by molar-refractivity contribution is 7.89. The molecule has 0 spiro atoms. The van der Waals surface area contributed by atoms with Gasteiger partial charge in [0.05, 0.1) is 0 Å². The van der Waals surface area contributed by atoms with E-state index < -0.39 is 15.8 Å². The Hall–Kier alpha value is -1.18. The van der Waals surface area contributed by atoms with Crippen molar-refractivity contribution < 1.29 is 12.8 Å². The fourth-order valence-corrected chi connectivity index (χ4v) is 2.99. The van der Waals surface area contributed by atoms with Crippen LogP contribution in [0.4, 0.5) is 10.1 Å². The molecule has 0 aromatic heterocycles. The molecule has 7 heteroatoms. The van der Waals surface area contributed by atoms with Gasteiger partial charge < -0.3 is 10.6 Å². The molecule has 0 saturated heterocycles. The first kappa shape index (κ1) is 16.9. The van der Waals surface area contributed by atoms with Gasteiger partial charge in [0.15, 0.2) is 0 Å². The lowest BCUT2D eigenvalue weighted by Gasteiger charge is -2.17. The molecule has 0 amide bonds. The summed E-state index contributed by atoms with van der Waals surface area (Å²) in [6, 6.07) is 3.55. The molecule has 1 aromatic rings. The average molecular weight is 303 g/mol. The fourth-order valence-electron chi connectivity index (χ4n) is 1.86. The summed E-state index contributed by atoms with van der Waals surface area (Å²) >= 11 is 0. The highest BCUT2D eigenvalue weighted by atomic mass is 32.2. The number of anilines is 1. The van der Waals surface area contributed by atoms with Gasteiger partial charge in [-0.25, -0.2) is 17.5 Å². The number of rotatable bonds is 8. The van der Waals surface area contributed by atoms with Crippen molar-refractivity contribution >= 4 is 15.7 Å². The smallest absolute Gasteiger partial charge is 0.243 e. The van der Waals surface area contributed by atoms with Crippen molar-refractivity contribution in [1.82, 2.24) is 9.62 Å². The number of hydrogen-bond acceptors (Lipinski definition) is 4. The lowest BCUT2D eigenvalue weighted by molar-refractivity contribution is 0.300. The molecular formula is C13H22FN3O2S. The van der Waals surface area contributed by atoms with Crippen molar-refractivity contribution in [2.75, 3.05) is 31.9 Å². The number of benzene rings is 1. The Bertz CT molecular complexity index is 530. The zero-order chi connectivity index (χ0) is 15.2. The number of nitrogens with zero attached hydrogens (tertiary/aromatic N) is 1. The van der Waals surface area contributed by atoms with Crippen molar-refractivity contribution in [2.24, 2.45) is 0 Å². The summed E-state index contributed by atoms with van der Waals surface area (Å²) in [6.07, 6.45) is 0.678. The van der Waals surface area contributed by atoms with Gasteiger partial charge in [0.2, 0.25) is 10.0 Å². The van der Waals surface area contributed by atoms with Gasteiger partial charge in [0.1, 0.15) is 10.7 Å². The maximum Gasteiger partial charge on any atom is 0.243 e. The van der Waals surface area contributed by atoms with Gasteiger partial charge in [-0.15, -0.1) is 0 Å². The molecule has 1 rings (SSSR count). The maximum absolute atomic E-state index is 13.6. The van der Waals surface area contributed by atoms with Gasteiger partial charge >= 0.3 is 0 Å². The van der Waals surface area contributed by atoms with E-state index in [0.717, 1.165) is 25.7 Å². The Labute approximate surface area is 120 Å². The average Bonchev–Trinajstić information content (AvgIpc) is 2.38. The first-order chi connectivity index (χ1) is 9.40. The largest absolute Gasteiger partial charge is 0.399 e. The second-order valence-electron chi connectivity index (χ2n) is 4.47. The molecule has 0 heterocycles. The molecule has 0 bridgehead atoms. The van der Waals surface area contributed by atoms with Crippen LogP contribution in [-0.4, -0.2) is 39.5 Å².